The van der Waals surface area contributed by atoms with Crippen molar-refractivity contribution in [1.29, 1.82) is 0 Å². The summed E-state index contributed by atoms with van der Waals surface area (Å²) in [6, 6.07) is 3.93. The first-order valence-corrected chi connectivity index (χ1v) is 7.77. The molecule has 1 aliphatic heterocycles. The normalized spacial score (nSPS) is 15.3. The molecule has 1 aliphatic rings. The Bertz CT molecular complexity index is 623. The van der Waals surface area contributed by atoms with Crippen molar-refractivity contribution in [2.45, 2.75) is 33.6 Å². The van der Waals surface area contributed by atoms with Crippen molar-refractivity contribution in [2.75, 3.05) is 18.4 Å². The van der Waals surface area contributed by atoms with Crippen LogP contribution in [0.15, 0.2) is 12.1 Å². The Morgan fingerprint density at radius 1 is 1.09 bits per heavy atom. The zero-order valence-corrected chi connectivity index (χ0v) is 13.8. The molecule has 1 saturated heterocycles. The fourth-order valence-electron chi connectivity index (χ4n) is 3.05. The average Bonchev–Trinajstić information content (AvgIpc) is 2.50. The maximum Gasteiger partial charge on any atom is 0.313 e. The number of rotatable bonds is 2. The summed E-state index contributed by atoms with van der Waals surface area (Å²) in [5, 5.41) is 2.71. The molecular weight excluding hydrogens is 294 g/mol. The van der Waals surface area contributed by atoms with Gasteiger partial charge in [0, 0.05) is 24.7 Å². The van der Waals surface area contributed by atoms with E-state index in [9.17, 15) is 14.4 Å². The van der Waals surface area contributed by atoms with Gasteiger partial charge in [-0.1, -0.05) is 17.7 Å². The Morgan fingerprint density at radius 2 is 1.61 bits per heavy atom. The van der Waals surface area contributed by atoms with Gasteiger partial charge in [-0.3, -0.25) is 14.4 Å². The number of piperidine rings is 1. The smallest absolute Gasteiger partial charge is 0.313 e. The van der Waals surface area contributed by atoms with E-state index < -0.39 is 11.8 Å². The van der Waals surface area contributed by atoms with Crippen LogP contribution in [0, 0.1) is 26.7 Å². The molecule has 0 saturated carbocycles. The molecule has 0 aliphatic carbocycles. The standard InChI is InChI=1S/C17H23N3O3/c1-10-8-11(2)14(12(3)9-10)19-16(22)17(23)20-6-4-13(5-7-20)15(18)21/h8-9,13H,4-7H2,1-3H3,(H2,18,21)(H,19,22). The molecule has 1 aromatic carbocycles. The summed E-state index contributed by atoms with van der Waals surface area (Å²) in [7, 11) is 0. The summed E-state index contributed by atoms with van der Waals surface area (Å²) in [4.78, 5) is 37.1. The number of benzene rings is 1. The lowest BCUT2D eigenvalue weighted by molar-refractivity contribution is -0.144. The van der Waals surface area contributed by atoms with Gasteiger partial charge in [0.25, 0.3) is 0 Å². The molecule has 6 heteroatoms. The highest BCUT2D eigenvalue weighted by Crippen LogP contribution is 2.22. The molecule has 0 spiro atoms. The molecule has 3 amide bonds. The number of primary amides is 1. The third-order valence-electron chi connectivity index (χ3n) is 4.29. The predicted molar refractivity (Wildman–Crippen MR) is 87.8 cm³/mol. The van der Waals surface area contributed by atoms with E-state index in [0.29, 0.717) is 31.6 Å². The molecule has 3 N–H and O–H groups in total. The molecular formula is C17H23N3O3. The van der Waals surface area contributed by atoms with Gasteiger partial charge in [-0.05, 0) is 44.7 Å². The van der Waals surface area contributed by atoms with Crippen LogP contribution >= 0.6 is 0 Å². The van der Waals surface area contributed by atoms with Crippen LogP contribution in [0.4, 0.5) is 5.69 Å². The molecule has 1 fully saturated rings. The van der Waals surface area contributed by atoms with Gasteiger partial charge >= 0.3 is 11.8 Å². The summed E-state index contributed by atoms with van der Waals surface area (Å²) in [5.74, 6) is -1.75. The molecule has 1 heterocycles. The number of nitrogens with two attached hydrogens (primary N) is 1. The Labute approximate surface area is 136 Å². The number of carbonyl (C=O) groups excluding carboxylic acids is 3. The summed E-state index contributed by atoms with van der Waals surface area (Å²) in [6.07, 6.45) is 1.02. The largest absolute Gasteiger partial charge is 0.369 e. The van der Waals surface area contributed by atoms with Crippen molar-refractivity contribution in [3.05, 3.63) is 28.8 Å². The van der Waals surface area contributed by atoms with Gasteiger partial charge in [0.05, 0.1) is 0 Å². The minimum Gasteiger partial charge on any atom is -0.369 e. The lowest BCUT2D eigenvalue weighted by Gasteiger charge is -2.30. The second-order valence-corrected chi connectivity index (χ2v) is 6.20. The van der Waals surface area contributed by atoms with Crippen molar-refractivity contribution < 1.29 is 14.4 Å². The second kappa shape index (κ2) is 6.81. The number of hydrogen-bond donors (Lipinski definition) is 2. The highest BCUT2D eigenvalue weighted by Gasteiger charge is 2.29. The van der Waals surface area contributed by atoms with Gasteiger partial charge in [-0.25, -0.2) is 0 Å². The van der Waals surface area contributed by atoms with Crippen LogP contribution in [0.25, 0.3) is 0 Å². The van der Waals surface area contributed by atoms with Crippen LogP contribution in [0.3, 0.4) is 0 Å². The van der Waals surface area contributed by atoms with E-state index in [4.69, 9.17) is 5.73 Å². The van der Waals surface area contributed by atoms with E-state index in [1.54, 1.807) is 0 Å². The number of amides is 3. The molecule has 1 aromatic rings. The quantitative estimate of drug-likeness (QED) is 0.805. The minimum absolute atomic E-state index is 0.205. The van der Waals surface area contributed by atoms with Gasteiger partial charge < -0.3 is 16.0 Å². The number of aryl methyl sites for hydroxylation is 3. The summed E-state index contributed by atoms with van der Waals surface area (Å²) in [6.45, 7) is 6.55. The molecule has 0 aromatic heterocycles. The van der Waals surface area contributed by atoms with E-state index in [1.807, 2.05) is 32.9 Å². The zero-order valence-electron chi connectivity index (χ0n) is 13.8. The monoisotopic (exact) mass is 317 g/mol. The first-order valence-electron chi connectivity index (χ1n) is 7.77. The van der Waals surface area contributed by atoms with Crippen molar-refractivity contribution in [1.82, 2.24) is 4.90 Å². The van der Waals surface area contributed by atoms with Gasteiger partial charge in [0.15, 0.2) is 0 Å². The number of nitrogens with one attached hydrogen (secondary N) is 1. The zero-order chi connectivity index (χ0) is 17.1. The van der Waals surface area contributed by atoms with Crippen LogP contribution in [0.2, 0.25) is 0 Å². The van der Waals surface area contributed by atoms with E-state index in [1.165, 1.54) is 4.90 Å². The number of likely N-dealkylation sites (tertiary alicyclic amines) is 1. The highest BCUT2D eigenvalue weighted by molar-refractivity contribution is 6.39. The number of nitrogens with zero attached hydrogens (tertiary/aromatic N) is 1. The maximum absolute atomic E-state index is 12.3. The van der Waals surface area contributed by atoms with Crippen LogP contribution in [-0.2, 0) is 14.4 Å². The SMILES string of the molecule is Cc1cc(C)c(NC(=O)C(=O)N2CCC(C(N)=O)CC2)c(C)c1. The Balaban J connectivity index is 2.02. The second-order valence-electron chi connectivity index (χ2n) is 6.20. The van der Waals surface area contributed by atoms with E-state index >= 15 is 0 Å². The fourth-order valence-corrected chi connectivity index (χ4v) is 3.05. The van der Waals surface area contributed by atoms with Gasteiger partial charge in [0.2, 0.25) is 5.91 Å². The number of anilines is 1. The lowest BCUT2D eigenvalue weighted by atomic mass is 9.96. The molecule has 0 bridgehead atoms. The minimum atomic E-state index is -0.641. The molecule has 0 unspecified atom stereocenters. The number of carbonyl (C=O) groups is 3. The summed E-state index contributed by atoms with van der Waals surface area (Å²) < 4.78 is 0. The van der Waals surface area contributed by atoms with Gasteiger partial charge in [-0.15, -0.1) is 0 Å². The predicted octanol–water partition coefficient (Wildman–Crippen LogP) is 1.27. The molecule has 0 atom stereocenters. The van der Waals surface area contributed by atoms with Gasteiger partial charge in [0.1, 0.15) is 0 Å². The molecule has 23 heavy (non-hydrogen) atoms. The Kier molecular flexibility index (Phi) is 5.03. The summed E-state index contributed by atoms with van der Waals surface area (Å²) in [5.41, 5.74) is 8.92. The van der Waals surface area contributed by atoms with Crippen LogP contribution in [0.1, 0.15) is 29.5 Å². The molecule has 2 rings (SSSR count). The Morgan fingerprint density at radius 3 is 2.09 bits per heavy atom. The Hall–Kier alpha value is -2.37. The first-order chi connectivity index (χ1) is 10.8. The van der Waals surface area contributed by atoms with E-state index in [-0.39, 0.29) is 11.8 Å². The topological polar surface area (TPSA) is 92.5 Å². The average molecular weight is 317 g/mol. The molecule has 124 valence electrons. The van der Waals surface area contributed by atoms with Crippen molar-refractivity contribution in [3.63, 3.8) is 0 Å². The van der Waals surface area contributed by atoms with Gasteiger partial charge in [-0.2, -0.15) is 0 Å². The van der Waals surface area contributed by atoms with Crippen LogP contribution < -0.4 is 11.1 Å². The highest BCUT2D eigenvalue weighted by atomic mass is 16.2. The first kappa shape index (κ1) is 17.0. The van der Waals surface area contributed by atoms with Crippen molar-refractivity contribution in [2.24, 2.45) is 11.7 Å². The maximum atomic E-state index is 12.3. The van der Waals surface area contributed by atoms with Crippen molar-refractivity contribution in [3.8, 4) is 0 Å². The van der Waals surface area contributed by atoms with Crippen LogP contribution in [0.5, 0.6) is 0 Å². The third-order valence-corrected chi connectivity index (χ3v) is 4.29. The third kappa shape index (κ3) is 3.88. The lowest BCUT2D eigenvalue weighted by Crippen LogP contribution is -2.46. The molecule has 0 radical (unpaired) electrons. The van der Waals surface area contributed by atoms with E-state index in [0.717, 1.165) is 16.7 Å². The molecule has 6 nitrogen and oxygen atoms in total. The number of hydrogen-bond acceptors (Lipinski definition) is 3. The summed E-state index contributed by atoms with van der Waals surface area (Å²) >= 11 is 0. The van der Waals surface area contributed by atoms with Crippen molar-refractivity contribution >= 4 is 23.4 Å². The fraction of sp³-hybridized carbons (Fsp3) is 0.471. The van der Waals surface area contributed by atoms with Crippen LogP contribution in [-0.4, -0.2) is 35.7 Å². The van der Waals surface area contributed by atoms with E-state index in [2.05, 4.69) is 5.32 Å².